The van der Waals surface area contributed by atoms with Crippen molar-refractivity contribution >= 4 is 23.2 Å². The molecule has 0 bridgehead atoms. The fourth-order valence-corrected chi connectivity index (χ4v) is 2.90. The molecule has 0 radical (unpaired) electrons. The van der Waals surface area contributed by atoms with E-state index in [9.17, 15) is 14.7 Å². The minimum absolute atomic E-state index is 0. The van der Waals surface area contributed by atoms with Crippen molar-refractivity contribution in [2.75, 3.05) is 10.0 Å². The van der Waals surface area contributed by atoms with Gasteiger partial charge in [-0.1, -0.05) is 38.0 Å². The first-order valence-corrected chi connectivity index (χ1v) is 8.15. The molecule has 2 amide bonds. The van der Waals surface area contributed by atoms with Crippen LogP contribution in [0.3, 0.4) is 0 Å². The number of benzene rings is 2. The summed E-state index contributed by atoms with van der Waals surface area (Å²) >= 11 is 0. The Morgan fingerprint density at radius 3 is 1.92 bits per heavy atom. The molecule has 25 heavy (non-hydrogen) atoms. The Hall–Kier alpha value is -2.86. The Labute approximate surface area is 146 Å². The van der Waals surface area contributed by atoms with Crippen LogP contribution in [0.1, 0.15) is 26.2 Å². The molecule has 1 atom stereocenters. The van der Waals surface area contributed by atoms with Gasteiger partial charge in [0, 0.05) is 0 Å². The number of amides is 2. The molecule has 1 saturated heterocycles. The van der Waals surface area contributed by atoms with Crippen molar-refractivity contribution in [1.29, 1.82) is 0 Å². The summed E-state index contributed by atoms with van der Waals surface area (Å²) in [7, 11) is 0. The van der Waals surface area contributed by atoms with Gasteiger partial charge in [0.25, 0.3) is 11.8 Å². The molecule has 3 rings (SSSR count). The number of para-hydroxylation sites is 1. The lowest BCUT2D eigenvalue weighted by molar-refractivity contribution is -0.127. The lowest BCUT2D eigenvalue weighted by Crippen LogP contribution is -2.41. The number of hydrogen-bond acceptors (Lipinski definition) is 3. The van der Waals surface area contributed by atoms with Crippen LogP contribution in [0.2, 0.25) is 0 Å². The number of phenols is 1. The van der Waals surface area contributed by atoms with E-state index in [1.54, 1.807) is 24.3 Å². The predicted octanol–water partition coefficient (Wildman–Crippen LogP) is 2.67. The van der Waals surface area contributed by atoms with Gasteiger partial charge in [0.15, 0.2) is 0 Å². The van der Waals surface area contributed by atoms with Crippen LogP contribution >= 0.6 is 0 Å². The number of unbranched alkanes of at least 4 members (excludes halogenated alkanes) is 1. The van der Waals surface area contributed by atoms with Gasteiger partial charge in [0.05, 0.1) is 11.4 Å². The largest absolute Gasteiger partial charge is 0.508 e. The topological polar surface area (TPSA) is 92.3 Å². The Balaban J connectivity index is 0.00000225. The summed E-state index contributed by atoms with van der Waals surface area (Å²) in [4.78, 5) is 25.8. The van der Waals surface area contributed by atoms with Gasteiger partial charge in [-0.25, -0.2) is 10.0 Å². The van der Waals surface area contributed by atoms with Crippen molar-refractivity contribution in [1.82, 2.24) is 0 Å². The molecule has 0 saturated carbocycles. The molecule has 1 aliphatic heterocycles. The summed E-state index contributed by atoms with van der Waals surface area (Å²) in [6.45, 7) is 2.04. The van der Waals surface area contributed by atoms with Crippen molar-refractivity contribution in [3.05, 3.63) is 54.6 Å². The van der Waals surface area contributed by atoms with Gasteiger partial charge in [-0.3, -0.25) is 9.59 Å². The maximum absolute atomic E-state index is 12.9. The van der Waals surface area contributed by atoms with Crippen LogP contribution in [0, 0.1) is 5.92 Å². The molecule has 0 aromatic heterocycles. The first-order valence-electron chi connectivity index (χ1n) is 8.15. The van der Waals surface area contributed by atoms with E-state index in [1.807, 2.05) is 25.1 Å². The normalized spacial score (nSPS) is 16.9. The Bertz CT molecular complexity index is 731. The third-order valence-corrected chi connectivity index (χ3v) is 4.16. The molecule has 1 heterocycles. The second-order valence-electron chi connectivity index (χ2n) is 5.85. The van der Waals surface area contributed by atoms with Crippen molar-refractivity contribution in [3.63, 3.8) is 0 Å². The standard InChI is InChI=1S/C19H20N2O3.H2O/c1-2-3-9-17-18(23)20(14-7-5-4-6-8-14)21(19(17)24)15-10-12-16(22)13-11-15;/h4-8,10-13,17,22H,2-3,9H2,1H3;1H2/t17-;/m1./s1. The zero-order chi connectivity index (χ0) is 17.1. The van der Waals surface area contributed by atoms with Crippen LogP contribution in [-0.4, -0.2) is 22.4 Å². The highest BCUT2D eigenvalue weighted by Crippen LogP contribution is 2.34. The molecule has 2 aromatic rings. The second-order valence-corrected chi connectivity index (χ2v) is 5.85. The summed E-state index contributed by atoms with van der Waals surface area (Å²) in [5.74, 6) is -0.958. The minimum Gasteiger partial charge on any atom is -0.508 e. The molecular formula is C19H22N2O4. The van der Waals surface area contributed by atoms with E-state index < -0.39 is 5.92 Å². The number of aromatic hydroxyl groups is 1. The highest BCUT2D eigenvalue weighted by atomic mass is 16.3. The fraction of sp³-hybridized carbons (Fsp3) is 0.263. The summed E-state index contributed by atoms with van der Waals surface area (Å²) in [5, 5.41) is 12.3. The summed E-state index contributed by atoms with van der Waals surface area (Å²) < 4.78 is 0. The number of rotatable bonds is 5. The van der Waals surface area contributed by atoms with E-state index in [2.05, 4.69) is 0 Å². The molecule has 0 spiro atoms. The van der Waals surface area contributed by atoms with Gasteiger partial charge in [0.2, 0.25) is 0 Å². The third-order valence-electron chi connectivity index (χ3n) is 4.16. The SMILES string of the molecule is CCCC[C@@H]1C(=O)N(c2ccccc2)N(c2ccc(O)cc2)C1=O.O. The lowest BCUT2D eigenvalue weighted by atomic mass is 10.0. The highest BCUT2D eigenvalue weighted by molar-refractivity contribution is 6.23. The molecule has 0 unspecified atom stereocenters. The maximum atomic E-state index is 12.9. The molecule has 0 aliphatic carbocycles. The van der Waals surface area contributed by atoms with Crippen molar-refractivity contribution < 1.29 is 20.2 Å². The third kappa shape index (κ3) is 3.49. The molecule has 6 heteroatoms. The molecule has 1 aliphatic rings. The number of anilines is 2. The summed E-state index contributed by atoms with van der Waals surface area (Å²) in [5.41, 5.74) is 1.22. The van der Waals surface area contributed by atoms with Crippen LogP contribution < -0.4 is 10.0 Å². The van der Waals surface area contributed by atoms with Crippen LogP contribution in [0.15, 0.2) is 54.6 Å². The van der Waals surface area contributed by atoms with E-state index in [1.165, 1.54) is 22.2 Å². The van der Waals surface area contributed by atoms with Gasteiger partial charge in [-0.15, -0.1) is 0 Å². The first kappa shape index (κ1) is 18.5. The molecule has 6 nitrogen and oxygen atoms in total. The number of nitrogens with zero attached hydrogens (tertiary/aromatic N) is 2. The number of carbonyl (C=O) groups is 2. The lowest BCUT2D eigenvalue weighted by Gasteiger charge is -2.27. The van der Waals surface area contributed by atoms with Gasteiger partial charge in [-0.05, 0) is 42.8 Å². The van der Waals surface area contributed by atoms with E-state index >= 15 is 0 Å². The van der Waals surface area contributed by atoms with Crippen molar-refractivity contribution in [3.8, 4) is 5.75 Å². The summed E-state index contributed by atoms with van der Waals surface area (Å²) in [6.07, 6.45) is 2.31. The second kappa shape index (κ2) is 7.81. The Kier molecular flexibility index (Phi) is 5.77. The van der Waals surface area contributed by atoms with Gasteiger partial charge in [0.1, 0.15) is 11.7 Å². The first-order chi connectivity index (χ1) is 11.6. The smallest absolute Gasteiger partial charge is 0.258 e. The summed E-state index contributed by atoms with van der Waals surface area (Å²) in [6, 6.07) is 15.4. The maximum Gasteiger partial charge on any atom is 0.258 e. The van der Waals surface area contributed by atoms with E-state index in [0.717, 1.165) is 12.8 Å². The minimum atomic E-state index is -0.654. The van der Waals surface area contributed by atoms with E-state index in [-0.39, 0.29) is 23.0 Å². The van der Waals surface area contributed by atoms with Crippen molar-refractivity contribution in [2.24, 2.45) is 5.92 Å². The van der Waals surface area contributed by atoms with Gasteiger partial charge < -0.3 is 10.6 Å². The number of carbonyl (C=O) groups excluding carboxylic acids is 2. The van der Waals surface area contributed by atoms with Crippen LogP contribution in [-0.2, 0) is 9.59 Å². The van der Waals surface area contributed by atoms with Gasteiger partial charge >= 0.3 is 0 Å². The molecule has 1 fully saturated rings. The Morgan fingerprint density at radius 1 is 0.880 bits per heavy atom. The molecule has 2 aromatic carbocycles. The monoisotopic (exact) mass is 342 g/mol. The number of hydrazine groups is 1. The van der Waals surface area contributed by atoms with Crippen LogP contribution in [0.4, 0.5) is 11.4 Å². The Morgan fingerprint density at radius 2 is 1.40 bits per heavy atom. The quantitative estimate of drug-likeness (QED) is 0.847. The van der Waals surface area contributed by atoms with Crippen molar-refractivity contribution in [2.45, 2.75) is 26.2 Å². The number of phenolic OH excluding ortho intramolecular Hbond substituents is 1. The zero-order valence-electron chi connectivity index (χ0n) is 14.1. The van der Waals surface area contributed by atoms with Gasteiger partial charge in [-0.2, -0.15) is 0 Å². The van der Waals surface area contributed by atoms with Crippen LogP contribution in [0.5, 0.6) is 5.75 Å². The van der Waals surface area contributed by atoms with E-state index in [0.29, 0.717) is 17.8 Å². The van der Waals surface area contributed by atoms with E-state index in [4.69, 9.17) is 0 Å². The van der Waals surface area contributed by atoms with Crippen LogP contribution in [0.25, 0.3) is 0 Å². The molecular weight excluding hydrogens is 320 g/mol. The number of hydrogen-bond donors (Lipinski definition) is 1. The fourth-order valence-electron chi connectivity index (χ4n) is 2.90. The average Bonchev–Trinajstić information content (AvgIpc) is 2.85. The predicted molar refractivity (Wildman–Crippen MR) is 96.1 cm³/mol. The molecule has 3 N–H and O–H groups in total. The highest BCUT2D eigenvalue weighted by Gasteiger charge is 2.46. The zero-order valence-corrected chi connectivity index (χ0v) is 14.1. The molecule has 132 valence electrons. The average molecular weight is 342 g/mol.